The molecule has 0 aliphatic heterocycles. The number of halogens is 1. The van der Waals surface area contributed by atoms with Crippen molar-refractivity contribution in [1.29, 1.82) is 0 Å². The predicted octanol–water partition coefficient (Wildman–Crippen LogP) is 0.792. The molecule has 1 aliphatic rings. The summed E-state index contributed by atoms with van der Waals surface area (Å²) in [6.07, 6.45) is 2.62. The largest absolute Gasteiger partial charge is 0.383 e. The number of nitrogens with two attached hydrogens (primary N) is 1. The van der Waals surface area contributed by atoms with Crippen LogP contribution >= 0.6 is 12.4 Å². The van der Waals surface area contributed by atoms with Gasteiger partial charge >= 0.3 is 0 Å². The highest BCUT2D eigenvalue weighted by Gasteiger charge is 2.27. The molecule has 1 fully saturated rings. The van der Waals surface area contributed by atoms with E-state index in [1.807, 2.05) is 0 Å². The summed E-state index contributed by atoms with van der Waals surface area (Å²) >= 11 is 0. The lowest BCUT2D eigenvalue weighted by molar-refractivity contribution is 0.173. The maximum Gasteiger partial charge on any atom is 0.0616 e. The van der Waals surface area contributed by atoms with Crippen LogP contribution in [0, 0.1) is 5.92 Å². The standard InChI is InChI=1S/C6H13NO.ClH/c1-8-4-6(7)5-2-3-5;/h5-6H,2-4,7H2,1H3;1H. The summed E-state index contributed by atoms with van der Waals surface area (Å²) in [5.41, 5.74) is 5.66. The summed E-state index contributed by atoms with van der Waals surface area (Å²) in [5, 5.41) is 0. The number of rotatable bonds is 3. The van der Waals surface area contributed by atoms with Crippen LogP contribution < -0.4 is 5.73 Å². The zero-order valence-electron chi connectivity index (χ0n) is 5.67. The van der Waals surface area contributed by atoms with Crippen molar-refractivity contribution >= 4 is 12.4 Å². The Kier molecular flexibility index (Phi) is 4.19. The van der Waals surface area contributed by atoms with Gasteiger partial charge in [0.25, 0.3) is 0 Å². The Hall–Kier alpha value is 0.210. The summed E-state index contributed by atoms with van der Waals surface area (Å²) in [7, 11) is 1.70. The number of hydrogen-bond donors (Lipinski definition) is 1. The lowest BCUT2D eigenvalue weighted by Crippen LogP contribution is -2.27. The van der Waals surface area contributed by atoms with Crippen molar-refractivity contribution in [3.8, 4) is 0 Å². The van der Waals surface area contributed by atoms with Crippen molar-refractivity contribution < 1.29 is 4.74 Å². The highest BCUT2D eigenvalue weighted by Crippen LogP contribution is 2.31. The molecular weight excluding hydrogens is 138 g/mol. The van der Waals surface area contributed by atoms with E-state index in [0.717, 1.165) is 12.5 Å². The fourth-order valence-electron chi connectivity index (χ4n) is 0.853. The maximum absolute atomic E-state index is 5.66. The highest BCUT2D eigenvalue weighted by molar-refractivity contribution is 5.85. The molecule has 56 valence electrons. The van der Waals surface area contributed by atoms with Crippen molar-refractivity contribution in [3.05, 3.63) is 0 Å². The molecule has 1 saturated carbocycles. The molecule has 1 unspecified atom stereocenters. The average molecular weight is 152 g/mol. The van der Waals surface area contributed by atoms with E-state index in [0.29, 0.717) is 6.04 Å². The zero-order chi connectivity index (χ0) is 5.98. The first kappa shape index (κ1) is 9.21. The molecule has 2 N–H and O–H groups in total. The molecule has 0 amide bonds. The molecular formula is C6H14ClNO. The average Bonchev–Trinajstić information content (AvgIpc) is 2.45. The molecule has 1 atom stereocenters. The van der Waals surface area contributed by atoms with Crippen LogP contribution in [0.15, 0.2) is 0 Å². The Morgan fingerprint density at radius 2 is 2.22 bits per heavy atom. The van der Waals surface area contributed by atoms with E-state index < -0.39 is 0 Å². The van der Waals surface area contributed by atoms with Crippen LogP contribution in [0.1, 0.15) is 12.8 Å². The molecule has 0 radical (unpaired) electrons. The molecule has 2 nitrogen and oxygen atoms in total. The smallest absolute Gasteiger partial charge is 0.0616 e. The van der Waals surface area contributed by atoms with Crippen molar-refractivity contribution in [2.24, 2.45) is 11.7 Å². The van der Waals surface area contributed by atoms with Crippen LogP contribution in [0.2, 0.25) is 0 Å². The van der Waals surface area contributed by atoms with Gasteiger partial charge in [0.05, 0.1) is 6.61 Å². The zero-order valence-corrected chi connectivity index (χ0v) is 6.49. The summed E-state index contributed by atoms with van der Waals surface area (Å²) in [6, 6.07) is 0.306. The fourth-order valence-corrected chi connectivity index (χ4v) is 0.853. The van der Waals surface area contributed by atoms with Crippen LogP contribution in [0.25, 0.3) is 0 Å². The quantitative estimate of drug-likeness (QED) is 0.648. The minimum atomic E-state index is 0. The van der Waals surface area contributed by atoms with Gasteiger partial charge in [0, 0.05) is 13.2 Å². The second kappa shape index (κ2) is 4.09. The third-order valence-electron chi connectivity index (χ3n) is 1.59. The molecule has 9 heavy (non-hydrogen) atoms. The lowest BCUT2D eigenvalue weighted by atomic mass is 10.2. The van der Waals surface area contributed by atoms with Crippen molar-refractivity contribution in [2.75, 3.05) is 13.7 Å². The highest BCUT2D eigenvalue weighted by atomic mass is 35.5. The van der Waals surface area contributed by atoms with Crippen LogP contribution in [0.3, 0.4) is 0 Å². The Balaban J connectivity index is 0.000000640. The molecule has 0 spiro atoms. The second-order valence-electron chi connectivity index (χ2n) is 2.46. The first-order valence-electron chi connectivity index (χ1n) is 3.09. The minimum absolute atomic E-state index is 0. The second-order valence-corrected chi connectivity index (χ2v) is 2.46. The van der Waals surface area contributed by atoms with Crippen molar-refractivity contribution in [1.82, 2.24) is 0 Å². The Labute approximate surface area is 62.2 Å². The van der Waals surface area contributed by atoms with Gasteiger partial charge in [0.15, 0.2) is 0 Å². The summed E-state index contributed by atoms with van der Waals surface area (Å²) < 4.78 is 4.88. The monoisotopic (exact) mass is 151 g/mol. The van der Waals surface area contributed by atoms with Crippen LogP contribution in [0.5, 0.6) is 0 Å². The van der Waals surface area contributed by atoms with Gasteiger partial charge < -0.3 is 10.5 Å². The number of hydrogen-bond acceptors (Lipinski definition) is 2. The molecule has 0 saturated heterocycles. The maximum atomic E-state index is 5.66. The number of methoxy groups -OCH3 is 1. The third kappa shape index (κ3) is 3.04. The van der Waals surface area contributed by atoms with Gasteiger partial charge in [-0.1, -0.05) is 0 Å². The molecule has 0 bridgehead atoms. The number of ether oxygens (including phenoxy) is 1. The van der Waals surface area contributed by atoms with Gasteiger partial charge in [0.1, 0.15) is 0 Å². The van der Waals surface area contributed by atoms with Crippen LogP contribution in [-0.4, -0.2) is 19.8 Å². The molecule has 0 aromatic rings. The summed E-state index contributed by atoms with van der Waals surface area (Å²) in [4.78, 5) is 0. The van der Waals surface area contributed by atoms with Gasteiger partial charge in [-0.25, -0.2) is 0 Å². The lowest BCUT2D eigenvalue weighted by Gasteiger charge is -2.06. The van der Waals surface area contributed by atoms with E-state index in [9.17, 15) is 0 Å². The first-order chi connectivity index (χ1) is 3.84. The molecule has 0 aromatic carbocycles. The molecule has 1 aliphatic carbocycles. The fraction of sp³-hybridized carbons (Fsp3) is 1.00. The van der Waals surface area contributed by atoms with E-state index in [2.05, 4.69) is 0 Å². The molecule has 0 heterocycles. The molecule has 1 rings (SSSR count). The van der Waals surface area contributed by atoms with Crippen molar-refractivity contribution in [2.45, 2.75) is 18.9 Å². The van der Waals surface area contributed by atoms with E-state index in [4.69, 9.17) is 10.5 Å². The van der Waals surface area contributed by atoms with E-state index >= 15 is 0 Å². The SMILES string of the molecule is COCC(N)C1CC1.Cl. The first-order valence-corrected chi connectivity index (χ1v) is 3.09. The normalized spacial score (nSPS) is 20.7. The van der Waals surface area contributed by atoms with E-state index in [-0.39, 0.29) is 12.4 Å². The van der Waals surface area contributed by atoms with Gasteiger partial charge in [-0.2, -0.15) is 0 Å². The topological polar surface area (TPSA) is 35.2 Å². The Morgan fingerprint density at radius 1 is 1.67 bits per heavy atom. The Morgan fingerprint density at radius 3 is 2.56 bits per heavy atom. The third-order valence-corrected chi connectivity index (χ3v) is 1.59. The van der Waals surface area contributed by atoms with E-state index in [1.54, 1.807) is 7.11 Å². The van der Waals surface area contributed by atoms with Gasteiger partial charge in [-0.3, -0.25) is 0 Å². The molecule has 0 aromatic heterocycles. The predicted molar refractivity (Wildman–Crippen MR) is 39.8 cm³/mol. The van der Waals surface area contributed by atoms with E-state index in [1.165, 1.54) is 12.8 Å². The Bertz CT molecular complexity index is 75.5. The van der Waals surface area contributed by atoms with Crippen LogP contribution in [0.4, 0.5) is 0 Å². The van der Waals surface area contributed by atoms with Crippen LogP contribution in [-0.2, 0) is 4.74 Å². The summed E-state index contributed by atoms with van der Waals surface area (Å²) in [5.74, 6) is 0.773. The molecule has 3 heteroatoms. The van der Waals surface area contributed by atoms with Gasteiger partial charge in [0.2, 0.25) is 0 Å². The van der Waals surface area contributed by atoms with Gasteiger partial charge in [-0.15, -0.1) is 12.4 Å². The summed E-state index contributed by atoms with van der Waals surface area (Å²) in [6.45, 7) is 0.727. The minimum Gasteiger partial charge on any atom is -0.383 e. The van der Waals surface area contributed by atoms with Crippen molar-refractivity contribution in [3.63, 3.8) is 0 Å². The van der Waals surface area contributed by atoms with Gasteiger partial charge in [-0.05, 0) is 18.8 Å².